The van der Waals surface area contributed by atoms with Crippen LogP contribution in [0.3, 0.4) is 0 Å². The molecule has 0 atom stereocenters. The Kier molecular flexibility index (Phi) is 3.93. The van der Waals surface area contributed by atoms with Crippen LogP contribution in [0.1, 0.15) is 50.7 Å². The van der Waals surface area contributed by atoms with E-state index in [0.29, 0.717) is 6.04 Å². The number of aryl methyl sites for hydroxylation is 1. The maximum atomic E-state index is 5.18. The Morgan fingerprint density at radius 1 is 1.31 bits per heavy atom. The van der Waals surface area contributed by atoms with Crippen molar-refractivity contribution in [1.82, 2.24) is 15.0 Å². The molecule has 90 valence electrons. The second-order valence-electron chi connectivity index (χ2n) is 4.59. The number of nitrogens with zero attached hydrogens (tertiary/aromatic N) is 3. The Morgan fingerprint density at radius 3 is 2.62 bits per heavy atom. The summed E-state index contributed by atoms with van der Waals surface area (Å²) in [5.74, 6) is 1.49. The molecule has 4 nitrogen and oxygen atoms in total. The molecular weight excluding hydrogens is 202 g/mol. The van der Waals surface area contributed by atoms with Gasteiger partial charge < -0.3 is 4.52 Å². The maximum absolute atomic E-state index is 5.18. The third-order valence-electron chi connectivity index (χ3n) is 3.41. The van der Waals surface area contributed by atoms with Gasteiger partial charge in [0.1, 0.15) is 0 Å². The van der Waals surface area contributed by atoms with Crippen molar-refractivity contribution in [2.45, 2.75) is 58.5 Å². The number of rotatable bonds is 4. The van der Waals surface area contributed by atoms with E-state index < -0.39 is 0 Å². The molecule has 1 aliphatic rings. The molecule has 1 heterocycles. The predicted molar refractivity (Wildman–Crippen MR) is 62.0 cm³/mol. The van der Waals surface area contributed by atoms with Crippen LogP contribution in [0.25, 0.3) is 0 Å². The van der Waals surface area contributed by atoms with Crippen molar-refractivity contribution in [3.8, 4) is 0 Å². The van der Waals surface area contributed by atoms with Crippen LogP contribution in [-0.2, 0) is 6.54 Å². The van der Waals surface area contributed by atoms with E-state index in [1.807, 2.05) is 6.92 Å². The van der Waals surface area contributed by atoms with Crippen molar-refractivity contribution in [2.75, 3.05) is 6.54 Å². The molecule has 0 bridgehead atoms. The van der Waals surface area contributed by atoms with E-state index in [9.17, 15) is 0 Å². The Bertz CT molecular complexity index is 318. The largest absolute Gasteiger partial charge is 0.338 e. The fourth-order valence-electron chi connectivity index (χ4n) is 2.52. The average molecular weight is 223 g/mol. The van der Waals surface area contributed by atoms with Gasteiger partial charge >= 0.3 is 0 Å². The van der Waals surface area contributed by atoms with Gasteiger partial charge in [0, 0.05) is 6.04 Å². The van der Waals surface area contributed by atoms with Gasteiger partial charge in [-0.05, 0) is 26.3 Å². The lowest BCUT2D eigenvalue weighted by atomic mass is 9.94. The topological polar surface area (TPSA) is 42.2 Å². The first-order valence-electron chi connectivity index (χ1n) is 6.33. The van der Waals surface area contributed by atoms with E-state index in [0.717, 1.165) is 24.8 Å². The Labute approximate surface area is 97.0 Å². The number of hydrogen-bond donors (Lipinski definition) is 0. The van der Waals surface area contributed by atoms with Crippen LogP contribution in [0, 0.1) is 6.92 Å². The normalized spacial score (nSPS) is 18.2. The van der Waals surface area contributed by atoms with E-state index in [1.54, 1.807) is 0 Å². The first kappa shape index (κ1) is 11.6. The molecule has 0 aromatic carbocycles. The van der Waals surface area contributed by atoms with Gasteiger partial charge in [-0.25, -0.2) is 0 Å². The average Bonchev–Trinajstić information content (AvgIpc) is 2.73. The van der Waals surface area contributed by atoms with Crippen LogP contribution in [0.5, 0.6) is 0 Å². The van der Waals surface area contributed by atoms with E-state index in [-0.39, 0.29) is 0 Å². The summed E-state index contributed by atoms with van der Waals surface area (Å²) in [4.78, 5) is 6.74. The summed E-state index contributed by atoms with van der Waals surface area (Å²) in [5.41, 5.74) is 0. The highest BCUT2D eigenvalue weighted by Crippen LogP contribution is 2.23. The summed E-state index contributed by atoms with van der Waals surface area (Å²) in [5, 5.41) is 3.84. The molecule has 1 aromatic rings. The minimum absolute atomic E-state index is 0.714. The lowest BCUT2D eigenvalue weighted by Crippen LogP contribution is -2.36. The van der Waals surface area contributed by atoms with E-state index in [2.05, 4.69) is 22.0 Å². The molecular formula is C12H21N3O. The first-order chi connectivity index (χ1) is 7.79. The van der Waals surface area contributed by atoms with Crippen LogP contribution < -0.4 is 0 Å². The lowest BCUT2D eigenvalue weighted by Gasteiger charge is -2.32. The fraction of sp³-hybridized carbons (Fsp3) is 0.833. The molecule has 1 aliphatic carbocycles. The van der Waals surface area contributed by atoms with Gasteiger partial charge in [-0.2, -0.15) is 4.98 Å². The van der Waals surface area contributed by atoms with Gasteiger partial charge in [-0.1, -0.05) is 31.3 Å². The Balaban J connectivity index is 1.94. The molecule has 0 unspecified atom stereocenters. The molecule has 1 saturated carbocycles. The van der Waals surface area contributed by atoms with E-state index in [1.165, 1.54) is 32.1 Å². The molecule has 0 N–H and O–H groups in total. The smallest absolute Gasteiger partial charge is 0.240 e. The molecule has 1 fully saturated rings. The highest BCUT2D eigenvalue weighted by molar-refractivity contribution is 4.85. The van der Waals surface area contributed by atoms with Gasteiger partial charge in [0.05, 0.1) is 6.54 Å². The van der Waals surface area contributed by atoms with Crippen molar-refractivity contribution in [1.29, 1.82) is 0 Å². The van der Waals surface area contributed by atoms with E-state index >= 15 is 0 Å². The summed E-state index contributed by atoms with van der Waals surface area (Å²) >= 11 is 0. The molecule has 0 aliphatic heterocycles. The monoisotopic (exact) mass is 223 g/mol. The molecule has 2 rings (SSSR count). The minimum Gasteiger partial charge on any atom is -0.338 e. The highest BCUT2D eigenvalue weighted by atomic mass is 16.5. The second-order valence-corrected chi connectivity index (χ2v) is 4.59. The van der Waals surface area contributed by atoms with Crippen LogP contribution in [0.15, 0.2) is 4.52 Å². The van der Waals surface area contributed by atoms with Gasteiger partial charge in [-0.3, -0.25) is 4.90 Å². The third kappa shape index (κ3) is 2.82. The standard InChI is InChI=1S/C12H21N3O/c1-3-15(11-7-5-4-6-8-11)9-12-13-10(2)14-16-12/h11H,3-9H2,1-2H3. The van der Waals surface area contributed by atoms with Gasteiger partial charge in [-0.15, -0.1) is 0 Å². The molecule has 16 heavy (non-hydrogen) atoms. The quantitative estimate of drug-likeness (QED) is 0.786. The number of hydrogen-bond acceptors (Lipinski definition) is 4. The van der Waals surface area contributed by atoms with Crippen LogP contribution >= 0.6 is 0 Å². The lowest BCUT2D eigenvalue weighted by molar-refractivity contribution is 0.139. The zero-order chi connectivity index (χ0) is 11.4. The Morgan fingerprint density at radius 2 is 2.06 bits per heavy atom. The van der Waals surface area contributed by atoms with Crippen molar-refractivity contribution >= 4 is 0 Å². The summed E-state index contributed by atoms with van der Waals surface area (Å²) in [6.45, 7) is 5.94. The SMILES string of the molecule is CCN(Cc1nc(C)no1)C1CCCCC1. The maximum Gasteiger partial charge on any atom is 0.240 e. The van der Waals surface area contributed by atoms with Gasteiger partial charge in [0.2, 0.25) is 5.89 Å². The fourth-order valence-corrected chi connectivity index (χ4v) is 2.52. The molecule has 0 spiro atoms. The minimum atomic E-state index is 0.714. The molecule has 0 amide bonds. The zero-order valence-corrected chi connectivity index (χ0v) is 10.3. The number of aromatic nitrogens is 2. The van der Waals surface area contributed by atoms with Gasteiger partial charge in [0.25, 0.3) is 0 Å². The van der Waals surface area contributed by atoms with E-state index in [4.69, 9.17) is 4.52 Å². The van der Waals surface area contributed by atoms with Crippen LogP contribution in [-0.4, -0.2) is 27.6 Å². The van der Waals surface area contributed by atoms with Crippen LogP contribution in [0.4, 0.5) is 0 Å². The van der Waals surface area contributed by atoms with Crippen molar-refractivity contribution in [2.24, 2.45) is 0 Å². The first-order valence-corrected chi connectivity index (χ1v) is 6.33. The molecule has 4 heteroatoms. The molecule has 1 aromatic heterocycles. The van der Waals surface area contributed by atoms with Gasteiger partial charge in [0.15, 0.2) is 5.82 Å². The molecule has 0 saturated heterocycles. The third-order valence-corrected chi connectivity index (χ3v) is 3.41. The summed E-state index contributed by atoms with van der Waals surface area (Å²) in [7, 11) is 0. The van der Waals surface area contributed by atoms with Crippen molar-refractivity contribution < 1.29 is 4.52 Å². The molecule has 0 radical (unpaired) electrons. The van der Waals surface area contributed by atoms with Crippen LogP contribution in [0.2, 0.25) is 0 Å². The summed E-state index contributed by atoms with van der Waals surface area (Å²) in [6, 6.07) is 0.714. The van der Waals surface area contributed by atoms with Crippen molar-refractivity contribution in [3.63, 3.8) is 0 Å². The Hall–Kier alpha value is -0.900. The summed E-state index contributed by atoms with van der Waals surface area (Å²) in [6.07, 6.45) is 6.77. The highest BCUT2D eigenvalue weighted by Gasteiger charge is 2.21. The van der Waals surface area contributed by atoms with Crippen molar-refractivity contribution in [3.05, 3.63) is 11.7 Å². The second kappa shape index (κ2) is 5.43. The summed E-state index contributed by atoms with van der Waals surface area (Å²) < 4.78 is 5.18. The predicted octanol–water partition coefficient (Wildman–Crippen LogP) is 2.53. The zero-order valence-electron chi connectivity index (χ0n) is 10.3.